The van der Waals surface area contributed by atoms with Gasteiger partial charge in [0.15, 0.2) is 5.13 Å². The van der Waals surface area contributed by atoms with E-state index in [9.17, 15) is 4.79 Å². The molecule has 0 radical (unpaired) electrons. The minimum atomic E-state index is -0.00538. The van der Waals surface area contributed by atoms with Crippen LogP contribution in [0.5, 0.6) is 0 Å². The lowest BCUT2D eigenvalue weighted by atomic mass is 10.1. The van der Waals surface area contributed by atoms with E-state index in [1.54, 1.807) is 12.3 Å². The summed E-state index contributed by atoms with van der Waals surface area (Å²) >= 11 is 13.6. The van der Waals surface area contributed by atoms with E-state index in [0.29, 0.717) is 28.0 Å². The molecule has 1 heterocycles. The molecule has 6 heteroatoms. The Morgan fingerprint density at radius 3 is 2.95 bits per heavy atom. The summed E-state index contributed by atoms with van der Waals surface area (Å²) < 4.78 is 0. The molecule has 1 amide bonds. The number of carbonyl (C=O) groups excluding carboxylic acids is 1. The highest BCUT2D eigenvalue weighted by Gasteiger charge is 2.09. The van der Waals surface area contributed by atoms with Crippen LogP contribution in [-0.4, -0.2) is 10.9 Å². The monoisotopic (exact) mass is 328 g/mol. The summed E-state index contributed by atoms with van der Waals surface area (Å²) in [4.78, 5) is 16.7. The smallest absolute Gasteiger partial charge is 0.226 e. The summed E-state index contributed by atoms with van der Waals surface area (Å²) in [6.07, 6.45) is 3.74. The van der Waals surface area contributed by atoms with Gasteiger partial charge in [-0.2, -0.15) is 0 Å². The molecule has 0 aliphatic carbocycles. The quantitative estimate of drug-likeness (QED) is 0.858. The third kappa shape index (κ3) is 3.95. The molecule has 0 aliphatic rings. The van der Waals surface area contributed by atoms with Gasteiger partial charge in [-0.15, -0.1) is 11.3 Å². The lowest BCUT2D eigenvalue weighted by molar-refractivity contribution is -0.116. The van der Waals surface area contributed by atoms with E-state index in [1.807, 2.05) is 19.1 Å². The van der Waals surface area contributed by atoms with Crippen LogP contribution in [0.2, 0.25) is 10.0 Å². The van der Waals surface area contributed by atoms with Crippen LogP contribution in [0.25, 0.3) is 0 Å². The molecule has 2 aromatic rings. The Balaban J connectivity index is 2.06. The van der Waals surface area contributed by atoms with Crippen LogP contribution >= 0.6 is 34.5 Å². The third-order valence-corrected chi connectivity index (χ3v) is 4.44. The van der Waals surface area contributed by atoms with Crippen molar-refractivity contribution in [1.29, 1.82) is 0 Å². The zero-order valence-electron chi connectivity index (χ0n) is 11.0. The van der Waals surface area contributed by atoms with Crippen LogP contribution in [-0.2, 0) is 11.2 Å². The van der Waals surface area contributed by atoms with E-state index >= 15 is 0 Å². The average molecular weight is 329 g/mol. The molecule has 20 heavy (non-hydrogen) atoms. The number of hydrogen-bond acceptors (Lipinski definition) is 3. The standard InChI is InChI=1S/C14H14Cl2N2OS/c1-2-4-12(19)18-14-17-8-10(20-14)7-9-5-3-6-11(15)13(9)16/h3,5-6,8H,2,4,7H2,1H3,(H,17,18,19). The second-order valence-electron chi connectivity index (χ2n) is 4.32. The molecule has 1 N–H and O–H groups in total. The lowest BCUT2D eigenvalue weighted by Crippen LogP contribution is -2.09. The van der Waals surface area contributed by atoms with Gasteiger partial charge in [0, 0.05) is 23.9 Å². The molecular weight excluding hydrogens is 315 g/mol. The molecule has 0 spiro atoms. The Morgan fingerprint density at radius 2 is 2.20 bits per heavy atom. The van der Waals surface area contributed by atoms with Gasteiger partial charge in [0.2, 0.25) is 5.91 Å². The largest absolute Gasteiger partial charge is 0.302 e. The first-order chi connectivity index (χ1) is 9.60. The molecule has 0 saturated carbocycles. The molecule has 1 aromatic carbocycles. The Labute approximate surface area is 131 Å². The highest BCUT2D eigenvalue weighted by Crippen LogP contribution is 2.29. The summed E-state index contributed by atoms with van der Waals surface area (Å²) in [5, 5.41) is 4.52. The average Bonchev–Trinajstić information content (AvgIpc) is 2.82. The van der Waals surface area contributed by atoms with E-state index in [2.05, 4.69) is 10.3 Å². The maximum absolute atomic E-state index is 11.5. The molecular formula is C14H14Cl2N2OS. The number of nitrogens with zero attached hydrogens (tertiary/aromatic N) is 1. The van der Waals surface area contributed by atoms with E-state index in [1.165, 1.54) is 11.3 Å². The highest BCUT2D eigenvalue weighted by molar-refractivity contribution is 7.15. The fraction of sp³-hybridized carbons (Fsp3) is 0.286. The number of hydrogen-bond donors (Lipinski definition) is 1. The topological polar surface area (TPSA) is 42.0 Å². The second-order valence-corrected chi connectivity index (χ2v) is 6.22. The normalized spacial score (nSPS) is 10.6. The predicted octanol–water partition coefficient (Wildman–Crippen LogP) is 4.78. The Hall–Kier alpha value is -1.10. The van der Waals surface area contributed by atoms with Crippen LogP contribution in [0.4, 0.5) is 5.13 Å². The summed E-state index contributed by atoms with van der Waals surface area (Å²) in [5.74, 6) is -0.00538. The molecule has 0 aliphatic heterocycles. The summed E-state index contributed by atoms with van der Waals surface area (Å²) in [5.41, 5.74) is 0.953. The van der Waals surface area contributed by atoms with Crippen LogP contribution in [0, 0.1) is 0 Å². The Kier molecular flexibility index (Phi) is 5.40. The minimum absolute atomic E-state index is 0.00538. The van der Waals surface area contributed by atoms with Crippen LogP contribution in [0.3, 0.4) is 0 Å². The van der Waals surface area contributed by atoms with Crippen LogP contribution in [0.1, 0.15) is 30.2 Å². The summed E-state index contributed by atoms with van der Waals surface area (Å²) in [7, 11) is 0. The van der Waals surface area contributed by atoms with Gasteiger partial charge in [0.1, 0.15) is 0 Å². The van der Waals surface area contributed by atoms with Crippen molar-refractivity contribution in [2.75, 3.05) is 5.32 Å². The predicted molar refractivity (Wildman–Crippen MR) is 84.9 cm³/mol. The molecule has 3 nitrogen and oxygen atoms in total. The van der Waals surface area contributed by atoms with Gasteiger partial charge < -0.3 is 5.32 Å². The number of amides is 1. The number of rotatable bonds is 5. The van der Waals surface area contributed by atoms with Gasteiger partial charge in [0.05, 0.1) is 10.0 Å². The molecule has 1 aromatic heterocycles. The van der Waals surface area contributed by atoms with E-state index in [0.717, 1.165) is 16.9 Å². The van der Waals surface area contributed by atoms with Crippen molar-refractivity contribution < 1.29 is 4.79 Å². The molecule has 0 unspecified atom stereocenters. The number of anilines is 1. The SMILES string of the molecule is CCCC(=O)Nc1ncc(Cc2cccc(Cl)c2Cl)s1. The lowest BCUT2D eigenvalue weighted by Gasteiger charge is -2.03. The fourth-order valence-corrected chi connectivity index (χ4v) is 2.97. The van der Waals surface area contributed by atoms with Crippen molar-refractivity contribution in [3.63, 3.8) is 0 Å². The van der Waals surface area contributed by atoms with Gasteiger partial charge in [-0.3, -0.25) is 4.79 Å². The number of benzene rings is 1. The maximum Gasteiger partial charge on any atom is 0.226 e. The van der Waals surface area contributed by atoms with Crippen molar-refractivity contribution >= 4 is 45.6 Å². The zero-order chi connectivity index (χ0) is 14.5. The maximum atomic E-state index is 11.5. The van der Waals surface area contributed by atoms with Gasteiger partial charge in [-0.25, -0.2) is 4.98 Å². The number of halogens is 2. The van der Waals surface area contributed by atoms with Crippen molar-refractivity contribution in [1.82, 2.24) is 4.98 Å². The summed E-state index contributed by atoms with van der Waals surface area (Å²) in [6, 6.07) is 5.56. The van der Waals surface area contributed by atoms with Crippen LogP contribution < -0.4 is 5.32 Å². The Morgan fingerprint density at radius 1 is 1.40 bits per heavy atom. The van der Waals surface area contributed by atoms with Crippen molar-refractivity contribution in [2.24, 2.45) is 0 Å². The third-order valence-electron chi connectivity index (χ3n) is 2.67. The van der Waals surface area contributed by atoms with E-state index < -0.39 is 0 Å². The molecule has 106 valence electrons. The number of aromatic nitrogens is 1. The number of nitrogens with one attached hydrogen (secondary N) is 1. The molecule has 0 fully saturated rings. The van der Waals surface area contributed by atoms with Gasteiger partial charge in [-0.05, 0) is 18.1 Å². The van der Waals surface area contributed by atoms with Crippen molar-refractivity contribution in [2.45, 2.75) is 26.2 Å². The Bertz CT molecular complexity index is 613. The minimum Gasteiger partial charge on any atom is -0.302 e. The van der Waals surface area contributed by atoms with Crippen LogP contribution in [0.15, 0.2) is 24.4 Å². The molecule has 2 rings (SSSR count). The van der Waals surface area contributed by atoms with Gasteiger partial charge >= 0.3 is 0 Å². The first-order valence-electron chi connectivity index (χ1n) is 6.27. The molecule has 0 atom stereocenters. The zero-order valence-corrected chi connectivity index (χ0v) is 13.3. The molecule has 0 bridgehead atoms. The second kappa shape index (κ2) is 7.07. The van der Waals surface area contributed by atoms with Gasteiger partial charge in [-0.1, -0.05) is 42.3 Å². The van der Waals surface area contributed by atoms with E-state index in [4.69, 9.17) is 23.2 Å². The molecule has 0 saturated heterocycles. The number of thiazole rings is 1. The summed E-state index contributed by atoms with van der Waals surface area (Å²) in [6.45, 7) is 1.97. The fourth-order valence-electron chi connectivity index (χ4n) is 1.73. The van der Waals surface area contributed by atoms with Crippen molar-refractivity contribution in [3.05, 3.63) is 44.9 Å². The van der Waals surface area contributed by atoms with E-state index in [-0.39, 0.29) is 5.91 Å². The van der Waals surface area contributed by atoms with Gasteiger partial charge in [0.25, 0.3) is 0 Å². The number of carbonyl (C=O) groups is 1. The highest BCUT2D eigenvalue weighted by atomic mass is 35.5. The first kappa shape index (κ1) is 15.3. The van der Waals surface area contributed by atoms with Crippen molar-refractivity contribution in [3.8, 4) is 0 Å². The first-order valence-corrected chi connectivity index (χ1v) is 7.85.